The average molecular weight is 585 g/mol. The van der Waals surface area contributed by atoms with Crippen molar-refractivity contribution in [3.63, 3.8) is 0 Å². The van der Waals surface area contributed by atoms with Gasteiger partial charge in [-0.05, 0) is 77.8 Å². The number of hydrogen-bond donors (Lipinski definition) is 1. The number of hydrogen-bond acceptors (Lipinski definition) is 6. The zero-order valence-electron chi connectivity index (χ0n) is 22.1. The van der Waals surface area contributed by atoms with Crippen LogP contribution in [0, 0.1) is 11.6 Å². The molecule has 0 unspecified atom stereocenters. The van der Waals surface area contributed by atoms with Gasteiger partial charge in [0.15, 0.2) is 17.3 Å². The second-order valence-corrected chi connectivity index (χ2v) is 9.85. The van der Waals surface area contributed by atoms with Crippen molar-refractivity contribution in [2.75, 3.05) is 11.9 Å². The molecule has 6 rings (SSSR count). The van der Waals surface area contributed by atoms with Gasteiger partial charge in [0, 0.05) is 41.5 Å². The fourth-order valence-corrected chi connectivity index (χ4v) is 5.19. The van der Waals surface area contributed by atoms with E-state index in [9.17, 15) is 14.0 Å². The van der Waals surface area contributed by atoms with Gasteiger partial charge in [-0.2, -0.15) is 16.4 Å². The number of halogens is 2. The van der Waals surface area contributed by atoms with Crippen LogP contribution in [0.2, 0.25) is 0 Å². The second-order valence-electron chi connectivity index (χ2n) is 9.07. The molecule has 0 aliphatic rings. The van der Waals surface area contributed by atoms with Gasteiger partial charge >= 0.3 is 0 Å². The maximum absolute atomic E-state index is 15.3. The van der Waals surface area contributed by atoms with E-state index in [0.29, 0.717) is 17.0 Å². The Morgan fingerprint density at radius 1 is 0.976 bits per heavy atom. The number of fused-ring (bicyclic) bond motifs is 1. The molecule has 42 heavy (non-hydrogen) atoms. The minimum Gasteiger partial charge on any atom is -0.493 e. The first-order valence-corrected chi connectivity index (χ1v) is 13.8. The van der Waals surface area contributed by atoms with Crippen molar-refractivity contribution in [1.29, 1.82) is 0 Å². The molecular formula is C31H22F2N4O4S. The van der Waals surface area contributed by atoms with Gasteiger partial charge in [-0.1, -0.05) is 0 Å². The monoisotopic (exact) mass is 584 g/mol. The summed E-state index contributed by atoms with van der Waals surface area (Å²) in [5, 5.41) is 10.9. The highest BCUT2D eigenvalue weighted by Gasteiger charge is 2.21. The molecule has 6 aromatic rings. The molecule has 0 atom stereocenters. The van der Waals surface area contributed by atoms with Crippen LogP contribution < -0.4 is 20.3 Å². The lowest BCUT2D eigenvalue weighted by Crippen LogP contribution is -2.29. The third-order valence-electron chi connectivity index (χ3n) is 6.44. The van der Waals surface area contributed by atoms with Crippen LogP contribution in [-0.4, -0.2) is 26.7 Å². The van der Waals surface area contributed by atoms with Crippen LogP contribution in [0.5, 0.6) is 17.2 Å². The standard InChI is InChI=1S/C31H22F2N4O4S/c1-2-40-26-11-14-36(22-6-3-20(32)4-7-22)31(39)28(26)30(38)35-21-5-8-25(24(33)17-21)41-27-9-13-34-37-15-10-23(29(27)37)19-12-16-42-18-19/h3-18H,2H2,1H3,(H,35,38). The summed E-state index contributed by atoms with van der Waals surface area (Å²) in [5.74, 6) is -1.58. The fraction of sp³-hybridized carbons (Fsp3) is 0.0645. The highest BCUT2D eigenvalue weighted by molar-refractivity contribution is 7.08. The maximum atomic E-state index is 15.3. The Labute approximate surface area is 242 Å². The smallest absolute Gasteiger partial charge is 0.271 e. The molecule has 0 fully saturated rings. The van der Waals surface area contributed by atoms with Crippen molar-refractivity contribution in [2.24, 2.45) is 0 Å². The first kappa shape index (κ1) is 26.9. The first-order chi connectivity index (χ1) is 20.4. The Kier molecular flexibility index (Phi) is 7.24. The third kappa shape index (κ3) is 5.13. The summed E-state index contributed by atoms with van der Waals surface area (Å²) < 4.78 is 43.0. The molecule has 210 valence electrons. The number of carbonyl (C=O) groups excluding carboxylic acids is 1. The van der Waals surface area contributed by atoms with Crippen LogP contribution in [0.25, 0.3) is 22.3 Å². The molecule has 0 aliphatic heterocycles. The summed E-state index contributed by atoms with van der Waals surface area (Å²) in [6.45, 7) is 1.92. The van der Waals surface area contributed by atoms with Gasteiger partial charge in [-0.3, -0.25) is 14.2 Å². The minimum absolute atomic E-state index is 0.0630. The Balaban J connectivity index is 1.29. The number of benzene rings is 2. The van der Waals surface area contributed by atoms with E-state index in [4.69, 9.17) is 9.47 Å². The maximum Gasteiger partial charge on any atom is 0.271 e. The molecule has 2 aromatic carbocycles. The van der Waals surface area contributed by atoms with Crippen molar-refractivity contribution in [3.05, 3.63) is 124 Å². The molecule has 0 saturated carbocycles. The molecule has 8 nitrogen and oxygen atoms in total. The van der Waals surface area contributed by atoms with E-state index >= 15 is 4.39 Å². The van der Waals surface area contributed by atoms with Gasteiger partial charge in [0.2, 0.25) is 0 Å². The Morgan fingerprint density at radius 2 is 1.81 bits per heavy atom. The van der Waals surface area contributed by atoms with Crippen LogP contribution in [-0.2, 0) is 0 Å². The fourth-order valence-electron chi connectivity index (χ4n) is 4.53. The molecule has 4 aromatic heterocycles. The van der Waals surface area contributed by atoms with E-state index in [1.165, 1.54) is 53.2 Å². The van der Waals surface area contributed by atoms with Gasteiger partial charge in [0.05, 0.1) is 12.8 Å². The van der Waals surface area contributed by atoms with Crippen molar-refractivity contribution < 1.29 is 23.0 Å². The largest absolute Gasteiger partial charge is 0.493 e. The molecule has 1 N–H and O–H groups in total. The van der Waals surface area contributed by atoms with Crippen molar-refractivity contribution in [3.8, 4) is 34.1 Å². The normalized spacial score (nSPS) is 11.0. The van der Waals surface area contributed by atoms with Crippen LogP contribution in [0.15, 0.2) is 101 Å². The van der Waals surface area contributed by atoms with E-state index < -0.39 is 23.1 Å². The van der Waals surface area contributed by atoms with Gasteiger partial charge < -0.3 is 14.8 Å². The molecule has 4 heterocycles. The van der Waals surface area contributed by atoms with Crippen LogP contribution in [0.1, 0.15) is 17.3 Å². The van der Waals surface area contributed by atoms with E-state index in [2.05, 4.69) is 10.4 Å². The lowest BCUT2D eigenvalue weighted by atomic mass is 10.1. The highest BCUT2D eigenvalue weighted by Crippen LogP contribution is 2.36. The van der Waals surface area contributed by atoms with Crippen LogP contribution in [0.3, 0.4) is 0 Å². The lowest BCUT2D eigenvalue weighted by molar-refractivity contribution is 0.102. The van der Waals surface area contributed by atoms with E-state index in [0.717, 1.165) is 17.2 Å². The quantitative estimate of drug-likeness (QED) is 0.210. The van der Waals surface area contributed by atoms with E-state index in [-0.39, 0.29) is 29.4 Å². The number of thiophene rings is 1. The van der Waals surface area contributed by atoms with E-state index in [1.54, 1.807) is 41.2 Å². The topological polar surface area (TPSA) is 86.9 Å². The number of amides is 1. The Morgan fingerprint density at radius 3 is 2.55 bits per heavy atom. The number of anilines is 1. The van der Waals surface area contributed by atoms with Gasteiger partial charge in [0.1, 0.15) is 22.6 Å². The molecule has 1 amide bonds. The molecule has 0 saturated heterocycles. The number of aromatic nitrogens is 3. The summed E-state index contributed by atoms with van der Waals surface area (Å²) in [6.07, 6.45) is 4.79. The van der Waals surface area contributed by atoms with Gasteiger partial charge in [-0.25, -0.2) is 13.3 Å². The summed E-state index contributed by atoms with van der Waals surface area (Å²) in [7, 11) is 0. The van der Waals surface area contributed by atoms with Crippen LogP contribution in [0.4, 0.5) is 14.5 Å². The van der Waals surface area contributed by atoms with Crippen molar-refractivity contribution >= 4 is 28.4 Å². The first-order valence-electron chi connectivity index (χ1n) is 12.8. The summed E-state index contributed by atoms with van der Waals surface area (Å²) in [4.78, 5) is 26.6. The molecular weight excluding hydrogens is 562 g/mol. The van der Waals surface area contributed by atoms with Crippen molar-refractivity contribution in [1.82, 2.24) is 14.2 Å². The number of rotatable bonds is 8. The number of carbonyl (C=O) groups is 1. The van der Waals surface area contributed by atoms with Gasteiger partial charge in [0.25, 0.3) is 11.5 Å². The summed E-state index contributed by atoms with van der Waals surface area (Å²) in [5.41, 5.74) is 2.07. The summed E-state index contributed by atoms with van der Waals surface area (Å²) in [6, 6.07) is 16.2. The molecule has 0 aliphatic carbocycles. The molecule has 0 radical (unpaired) electrons. The molecule has 11 heteroatoms. The SMILES string of the molecule is CCOc1ccn(-c2ccc(F)cc2)c(=O)c1C(=O)Nc1ccc(Oc2ccnn3ccc(-c4ccsc4)c23)c(F)c1. The van der Waals surface area contributed by atoms with Crippen molar-refractivity contribution in [2.45, 2.75) is 6.92 Å². The summed E-state index contributed by atoms with van der Waals surface area (Å²) >= 11 is 1.56. The number of ether oxygens (including phenoxy) is 2. The van der Waals surface area contributed by atoms with E-state index in [1.807, 2.05) is 22.9 Å². The average Bonchev–Trinajstić information content (AvgIpc) is 3.66. The van der Waals surface area contributed by atoms with Crippen LogP contribution >= 0.6 is 11.3 Å². The number of nitrogens with one attached hydrogen (secondary N) is 1. The number of nitrogens with zero attached hydrogens (tertiary/aromatic N) is 3. The third-order valence-corrected chi connectivity index (χ3v) is 7.13. The lowest BCUT2D eigenvalue weighted by Gasteiger charge is -2.14. The number of pyridine rings is 1. The predicted octanol–water partition coefficient (Wildman–Crippen LogP) is 6.94. The zero-order chi connectivity index (χ0) is 29.2. The molecule has 0 bridgehead atoms. The highest BCUT2D eigenvalue weighted by atomic mass is 32.1. The predicted molar refractivity (Wildman–Crippen MR) is 156 cm³/mol. The van der Waals surface area contributed by atoms with Gasteiger partial charge in [-0.15, -0.1) is 0 Å². The Hall–Kier alpha value is -5.29. The Bertz CT molecular complexity index is 1970. The molecule has 0 spiro atoms. The zero-order valence-corrected chi connectivity index (χ0v) is 22.9. The minimum atomic E-state index is -0.794. The second kappa shape index (κ2) is 11.3.